The smallest absolute Gasteiger partial charge is 0.257 e. The van der Waals surface area contributed by atoms with Gasteiger partial charge in [0.2, 0.25) is 5.91 Å². The molecule has 4 aromatic rings. The molecule has 0 aliphatic heterocycles. The number of nitrogens with one attached hydrogen (secondary N) is 1. The number of aryl methyl sites for hydroxylation is 1. The van der Waals surface area contributed by atoms with Crippen molar-refractivity contribution in [3.05, 3.63) is 84.2 Å². The molecule has 184 valence electrons. The van der Waals surface area contributed by atoms with Gasteiger partial charge in [-0.15, -0.1) is 0 Å². The van der Waals surface area contributed by atoms with Crippen LogP contribution in [0, 0.1) is 6.92 Å². The van der Waals surface area contributed by atoms with Crippen LogP contribution in [0.25, 0.3) is 16.9 Å². The van der Waals surface area contributed by atoms with E-state index in [1.807, 2.05) is 49.4 Å². The van der Waals surface area contributed by atoms with Crippen molar-refractivity contribution in [3.8, 4) is 28.4 Å². The lowest BCUT2D eigenvalue weighted by Crippen LogP contribution is -2.35. The molecule has 2 heterocycles. The van der Waals surface area contributed by atoms with Crippen molar-refractivity contribution in [1.82, 2.24) is 19.7 Å². The number of carbonyl (C=O) groups excluding carboxylic acids is 2. The number of hydrogen-bond donors (Lipinski definition) is 1. The van der Waals surface area contributed by atoms with Crippen LogP contribution in [0.3, 0.4) is 0 Å². The van der Waals surface area contributed by atoms with Gasteiger partial charge in [-0.2, -0.15) is 5.10 Å². The highest BCUT2D eigenvalue weighted by atomic mass is 16.5. The molecule has 0 aliphatic rings. The molecule has 1 N–H and O–H groups in total. The van der Waals surface area contributed by atoms with Gasteiger partial charge < -0.3 is 19.7 Å². The van der Waals surface area contributed by atoms with Gasteiger partial charge in [0.25, 0.3) is 5.91 Å². The molecule has 0 aliphatic carbocycles. The van der Waals surface area contributed by atoms with Gasteiger partial charge in [0, 0.05) is 25.0 Å². The van der Waals surface area contributed by atoms with Crippen molar-refractivity contribution >= 4 is 17.6 Å². The zero-order valence-electron chi connectivity index (χ0n) is 20.6. The van der Waals surface area contributed by atoms with E-state index in [1.165, 1.54) is 4.90 Å². The number of amides is 2. The van der Waals surface area contributed by atoms with Gasteiger partial charge in [0.15, 0.2) is 11.5 Å². The Bertz CT molecular complexity index is 1380. The van der Waals surface area contributed by atoms with E-state index in [4.69, 9.17) is 14.6 Å². The van der Waals surface area contributed by atoms with Crippen LogP contribution < -0.4 is 14.8 Å². The summed E-state index contributed by atoms with van der Waals surface area (Å²) in [7, 11) is 4.68. The van der Waals surface area contributed by atoms with Crippen LogP contribution in [-0.4, -0.2) is 59.3 Å². The molecule has 0 bridgehead atoms. The van der Waals surface area contributed by atoms with Gasteiger partial charge in [0.1, 0.15) is 11.5 Å². The number of carbonyl (C=O) groups is 2. The highest BCUT2D eigenvalue weighted by Gasteiger charge is 2.24. The molecule has 0 fully saturated rings. The predicted octanol–water partition coefficient (Wildman–Crippen LogP) is 3.97. The predicted molar refractivity (Wildman–Crippen MR) is 137 cm³/mol. The van der Waals surface area contributed by atoms with Crippen LogP contribution in [0.1, 0.15) is 15.9 Å². The van der Waals surface area contributed by atoms with E-state index in [9.17, 15) is 9.59 Å². The largest absolute Gasteiger partial charge is 0.493 e. The molecule has 2 aromatic carbocycles. The quantitative estimate of drug-likeness (QED) is 0.406. The Kier molecular flexibility index (Phi) is 7.29. The summed E-state index contributed by atoms with van der Waals surface area (Å²) < 4.78 is 12.4. The maximum absolute atomic E-state index is 13.5. The minimum Gasteiger partial charge on any atom is -0.493 e. The molecule has 0 spiro atoms. The number of benzene rings is 2. The van der Waals surface area contributed by atoms with Crippen molar-refractivity contribution in [1.29, 1.82) is 0 Å². The molecule has 36 heavy (non-hydrogen) atoms. The first kappa shape index (κ1) is 24.5. The van der Waals surface area contributed by atoms with Crippen molar-refractivity contribution in [2.45, 2.75) is 6.92 Å². The second-order valence-corrected chi connectivity index (χ2v) is 8.17. The zero-order chi connectivity index (χ0) is 25.7. The van der Waals surface area contributed by atoms with Gasteiger partial charge >= 0.3 is 0 Å². The molecule has 4 rings (SSSR count). The van der Waals surface area contributed by atoms with E-state index in [2.05, 4.69) is 10.3 Å². The fourth-order valence-corrected chi connectivity index (χ4v) is 3.72. The van der Waals surface area contributed by atoms with Crippen molar-refractivity contribution < 1.29 is 19.1 Å². The average Bonchev–Trinajstić information content (AvgIpc) is 3.33. The van der Waals surface area contributed by atoms with Gasteiger partial charge in [-0.1, -0.05) is 18.2 Å². The molecular weight excluding hydrogens is 458 g/mol. The van der Waals surface area contributed by atoms with Gasteiger partial charge in [-0.25, -0.2) is 9.67 Å². The zero-order valence-corrected chi connectivity index (χ0v) is 20.6. The van der Waals surface area contributed by atoms with Crippen LogP contribution >= 0.6 is 0 Å². The molecule has 0 unspecified atom stereocenters. The Labute approximate surface area is 209 Å². The number of anilines is 1. The van der Waals surface area contributed by atoms with Crippen molar-refractivity contribution in [3.63, 3.8) is 0 Å². The number of ether oxygens (including phenoxy) is 2. The van der Waals surface area contributed by atoms with E-state index in [0.29, 0.717) is 34.1 Å². The third-order valence-corrected chi connectivity index (χ3v) is 5.53. The first-order valence-electron chi connectivity index (χ1n) is 11.2. The van der Waals surface area contributed by atoms with E-state index in [1.54, 1.807) is 56.5 Å². The summed E-state index contributed by atoms with van der Waals surface area (Å²) in [5.41, 5.74) is 3.24. The van der Waals surface area contributed by atoms with E-state index in [0.717, 1.165) is 11.3 Å². The lowest BCUT2D eigenvalue weighted by atomic mass is 10.1. The van der Waals surface area contributed by atoms with E-state index >= 15 is 0 Å². The highest BCUT2D eigenvalue weighted by molar-refractivity contribution is 6.02. The summed E-state index contributed by atoms with van der Waals surface area (Å²) in [4.78, 5) is 31.6. The Morgan fingerprint density at radius 3 is 2.44 bits per heavy atom. The molecular formula is C27H27N5O4. The number of nitrogens with zero attached hydrogens (tertiary/aromatic N) is 4. The number of hydrogen-bond acceptors (Lipinski definition) is 6. The summed E-state index contributed by atoms with van der Waals surface area (Å²) >= 11 is 0. The summed E-state index contributed by atoms with van der Waals surface area (Å²) in [6, 6.07) is 18.4. The van der Waals surface area contributed by atoms with Crippen LogP contribution in [0.2, 0.25) is 0 Å². The van der Waals surface area contributed by atoms with Crippen LogP contribution in [0.15, 0.2) is 73.1 Å². The van der Waals surface area contributed by atoms with Gasteiger partial charge in [-0.05, 0) is 55.0 Å². The SMILES string of the molecule is COc1ccc(-c2nn(-c3ccccc3)cc2C(=O)N(C)CC(=O)Nc2cc(C)ccn2)cc1OC. The highest BCUT2D eigenvalue weighted by Crippen LogP contribution is 2.33. The van der Waals surface area contributed by atoms with Crippen LogP contribution in [0.5, 0.6) is 11.5 Å². The molecule has 0 radical (unpaired) electrons. The Morgan fingerprint density at radius 1 is 1.00 bits per heavy atom. The third kappa shape index (κ3) is 5.35. The van der Waals surface area contributed by atoms with Crippen LogP contribution in [-0.2, 0) is 4.79 Å². The Hall–Kier alpha value is -4.66. The van der Waals surface area contributed by atoms with Gasteiger partial charge in [0.05, 0.1) is 32.0 Å². The average molecular weight is 486 g/mol. The minimum absolute atomic E-state index is 0.156. The second kappa shape index (κ2) is 10.7. The molecule has 0 saturated heterocycles. The number of methoxy groups -OCH3 is 2. The van der Waals surface area contributed by atoms with E-state index in [-0.39, 0.29) is 18.4 Å². The molecule has 0 saturated carbocycles. The minimum atomic E-state index is -0.355. The number of para-hydroxylation sites is 1. The molecule has 9 heteroatoms. The lowest BCUT2D eigenvalue weighted by molar-refractivity contribution is -0.116. The fourth-order valence-electron chi connectivity index (χ4n) is 3.72. The molecule has 2 aromatic heterocycles. The van der Waals surface area contributed by atoms with Crippen molar-refractivity contribution in [2.24, 2.45) is 0 Å². The molecule has 0 atom stereocenters. The third-order valence-electron chi connectivity index (χ3n) is 5.53. The fraction of sp³-hybridized carbons (Fsp3) is 0.185. The summed E-state index contributed by atoms with van der Waals surface area (Å²) in [5, 5.41) is 7.43. The number of rotatable bonds is 8. The maximum atomic E-state index is 13.5. The summed E-state index contributed by atoms with van der Waals surface area (Å²) in [6.07, 6.45) is 3.29. The molecule has 2 amide bonds. The van der Waals surface area contributed by atoms with Gasteiger partial charge in [-0.3, -0.25) is 9.59 Å². The second-order valence-electron chi connectivity index (χ2n) is 8.17. The topological polar surface area (TPSA) is 98.6 Å². The standard InChI is InChI=1S/C27H27N5O4/c1-18-12-13-28-24(14-18)29-25(33)17-31(2)27(34)21-16-32(20-8-6-5-7-9-20)30-26(21)19-10-11-22(35-3)23(15-19)36-4/h5-16H,17H2,1-4H3,(H,28,29,33). The number of pyridine rings is 1. The summed E-state index contributed by atoms with van der Waals surface area (Å²) in [6.45, 7) is 1.75. The first-order chi connectivity index (χ1) is 17.4. The van der Waals surface area contributed by atoms with Crippen molar-refractivity contribution in [2.75, 3.05) is 33.1 Å². The Balaban J connectivity index is 1.65. The number of likely N-dealkylation sites (N-methyl/N-ethyl adjacent to an activating group) is 1. The lowest BCUT2D eigenvalue weighted by Gasteiger charge is -2.17. The Morgan fingerprint density at radius 2 is 1.75 bits per heavy atom. The van der Waals surface area contributed by atoms with E-state index < -0.39 is 0 Å². The monoisotopic (exact) mass is 485 g/mol. The maximum Gasteiger partial charge on any atom is 0.257 e. The number of aromatic nitrogens is 3. The van der Waals surface area contributed by atoms with Crippen LogP contribution in [0.4, 0.5) is 5.82 Å². The first-order valence-corrected chi connectivity index (χ1v) is 11.2. The summed E-state index contributed by atoms with van der Waals surface area (Å²) in [5.74, 6) is 0.807. The molecule has 9 nitrogen and oxygen atoms in total. The normalized spacial score (nSPS) is 10.6.